The fraction of sp³-hybridized carbons (Fsp3) is 0.200. The summed E-state index contributed by atoms with van der Waals surface area (Å²) in [5, 5.41) is 9.60. The number of aromatic hydroxyl groups is 1. The molecule has 84 valence electrons. The number of hydrogen-bond donors (Lipinski definition) is 2. The molecule has 5 heteroatoms. The Morgan fingerprint density at radius 2 is 2.20 bits per heavy atom. The van der Waals surface area contributed by atoms with E-state index in [2.05, 4.69) is 6.58 Å². The third kappa shape index (κ3) is 2.84. The van der Waals surface area contributed by atoms with E-state index in [1.807, 2.05) is 0 Å². The first-order valence-electron chi connectivity index (χ1n) is 4.04. The molecular weight excluding hydrogens is 221 g/mol. The molecule has 0 saturated carbocycles. The normalized spacial score (nSPS) is 11.4. The molecule has 0 amide bonds. The molecule has 1 rings (SSSR count). The molecule has 0 bridgehead atoms. The van der Waals surface area contributed by atoms with Crippen LogP contribution < -0.4 is 10.5 Å². The molecule has 15 heavy (non-hydrogen) atoms. The Morgan fingerprint density at radius 3 is 2.67 bits per heavy atom. The molecule has 0 fully saturated rings. The molecular formula is C10H13ClFNO2. The summed E-state index contributed by atoms with van der Waals surface area (Å²) in [5.74, 6) is -0.592. The minimum Gasteiger partial charge on any atom is -0.504 e. The monoisotopic (exact) mass is 233 g/mol. The largest absolute Gasteiger partial charge is 0.504 e. The van der Waals surface area contributed by atoms with E-state index in [1.54, 1.807) is 0 Å². The van der Waals surface area contributed by atoms with E-state index in [-0.39, 0.29) is 29.5 Å². The van der Waals surface area contributed by atoms with Crippen molar-refractivity contribution in [1.82, 2.24) is 0 Å². The van der Waals surface area contributed by atoms with Crippen molar-refractivity contribution in [2.75, 3.05) is 7.11 Å². The average molecular weight is 234 g/mol. The van der Waals surface area contributed by atoms with Crippen LogP contribution in [-0.4, -0.2) is 12.2 Å². The minimum absolute atomic E-state index is 0. The van der Waals surface area contributed by atoms with Crippen molar-refractivity contribution in [3.8, 4) is 11.5 Å². The molecule has 3 N–H and O–H groups in total. The van der Waals surface area contributed by atoms with Gasteiger partial charge in [0.2, 0.25) is 0 Å². The van der Waals surface area contributed by atoms with E-state index in [1.165, 1.54) is 13.2 Å². The molecule has 0 unspecified atom stereocenters. The maximum atomic E-state index is 13.0. The molecule has 0 spiro atoms. The molecule has 1 aromatic rings. The molecule has 3 nitrogen and oxygen atoms in total. The van der Waals surface area contributed by atoms with Crippen molar-refractivity contribution >= 4 is 12.4 Å². The predicted molar refractivity (Wildman–Crippen MR) is 59.0 cm³/mol. The lowest BCUT2D eigenvalue weighted by Crippen LogP contribution is -2.07. The Kier molecular flexibility index (Phi) is 5.11. The van der Waals surface area contributed by atoms with Gasteiger partial charge in [-0.25, -0.2) is 4.39 Å². The summed E-state index contributed by atoms with van der Waals surface area (Å²) < 4.78 is 17.8. The Labute approximate surface area is 93.8 Å². The Morgan fingerprint density at radius 1 is 1.60 bits per heavy atom. The van der Waals surface area contributed by atoms with Crippen molar-refractivity contribution in [2.24, 2.45) is 5.73 Å². The number of phenolic OH excluding ortho intramolecular Hbond substituents is 1. The van der Waals surface area contributed by atoms with Crippen LogP contribution >= 0.6 is 12.4 Å². The molecule has 0 radical (unpaired) electrons. The summed E-state index contributed by atoms with van der Waals surface area (Å²) in [6.07, 6.45) is 1.41. The summed E-state index contributed by atoms with van der Waals surface area (Å²) in [7, 11) is 1.34. The van der Waals surface area contributed by atoms with E-state index < -0.39 is 11.9 Å². The van der Waals surface area contributed by atoms with Crippen molar-refractivity contribution in [3.63, 3.8) is 0 Å². The van der Waals surface area contributed by atoms with Crippen LogP contribution in [0.2, 0.25) is 0 Å². The lowest BCUT2D eigenvalue weighted by molar-refractivity contribution is 0.366. The lowest BCUT2D eigenvalue weighted by Gasteiger charge is -2.12. The molecule has 1 atom stereocenters. The number of benzene rings is 1. The van der Waals surface area contributed by atoms with E-state index in [0.717, 1.165) is 12.1 Å². The van der Waals surface area contributed by atoms with Gasteiger partial charge in [0.15, 0.2) is 11.5 Å². The van der Waals surface area contributed by atoms with Gasteiger partial charge >= 0.3 is 0 Å². The Hall–Kier alpha value is -1.26. The number of rotatable bonds is 3. The van der Waals surface area contributed by atoms with Gasteiger partial charge in [-0.2, -0.15) is 0 Å². The standard InChI is InChI=1S/C10H12FNO2.ClH/c1-3-8(12)7-4-6(11)5-9(14-2)10(7)13;/h3-5,8,13H,1,12H2,2H3;1H/t8-;/m0./s1. The quantitative estimate of drug-likeness (QED) is 0.787. The Bertz CT molecular complexity index is 358. The molecule has 0 aliphatic heterocycles. The third-order valence-electron chi connectivity index (χ3n) is 1.90. The number of halogens is 2. The van der Waals surface area contributed by atoms with Gasteiger partial charge in [-0.05, 0) is 6.07 Å². The van der Waals surface area contributed by atoms with Gasteiger partial charge in [-0.15, -0.1) is 19.0 Å². The third-order valence-corrected chi connectivity index (χ3v) is 1.90. The SMILES string of the molecule is C=C[C@H](N)c1cc(F)cc(OC)c1O.Cl. The highest BCUT2D eigenvalue weighted by atomic mass is 35.5. The van der Waals surface area contributed by atoms with Crippen LogP contribution in [-0.2, 0) is 0 Å². The first-order valence-corrected chi connectivity index (χ1v) is 4.04. The van der Waals surface area contributed by atoms with E-state index in [4.69, 9.17) is 10.5 Å². The van der Waals surface area contributed by atoms with Crippen molar-refractivity contribution in [2.45, 2.75) is 6.04 Å². The van der Waals surface area contributed by atoms with E-state index in [9.17, 15) is 9.50 Å². The first-order chi connectivity index (χ1) is 6.60. The number of methoxy groups -OCH3 is 1. The summed E-state index contributed by atoms with van der Waals surface area (Å²) in [4.78, 5) is 0. The zero-order valence-electron chi connectivity index (χ0n) is 8.24. The summed E-state index contributed by atoms with van der Waals surface area (Å²) >= 11 is 0. The topological polar surface area (TPSA) is 55.5 Å². The van der Waals surface area contributed by atoms with Crippen molar-refractivity contribution in [3.05, 3.63) is 36.2 Å². The fourth-order valence-electron chi connectivity index (χ4n) is 1.13. The number of ether oxygens (including phenoxy) is 1. The van der Waals surface area contributed by atoms with Crippen LogP contribution in [0.4, 0.5) is 4.39 Å². The minimum atomic E-state index is -0.611. The molecule has 0 heterocycles. The van der Waals surface area contributed by atoms with Gasteiger partial charge < -0.3 is 15.6 Å². The lowest BCUT2D eigenvalue weighted by atomic mass is 10.1. The summed E-state index contributed by atoms with van der Waals surface area (Å²) in [6, 6.07) is 1.64. The van der Waals surface area contributed by atoms with Gasteiger partial charge in [-0.3, -0.25) is 0 Å². The maximum Gasteiger partial charge on any atom is 0.163 e. The molecule has 1 aromatic carbocycles. The van der Waals surface area contributed by atoms with Crippen LogP contribution in [0.25, 0.3) is 0 Å². The van der Waals surface area contributed by atoms with E-state index in [0.29, 0.717) is 0 Å². The van der Waals surface area contributed by atoms with Crippen LogP contribution in [0.1, 0.15) is 11.6 Å². The van der Waals surface area contributed by atoms with Crippen LogP contribution in [0.15, 0.2) is 24.8 Å². The molecule has 0 aliphatic carbocycles. The second-order valence-corrected chi connectivity index (χ2v) is 2.81. The zero-order valence-corrected chi connectivity index (χ0v) is 9.05. The zero-order chi connectivity index (χ0) is 10.7. The number of nitrogens with two attached hydrogens (primary N) is 1. The highest BCUT2D eigenvalue weighted by Gasteiger charge is 2.14. The second kappa shape index (κ2) is 5.58. The summed E-state index contributed by atoms with van der Waals surface area (Å²) in [6.45, 7) is 3.46. The number of hydrogen-bond acceptors (Lipinski definition) is 3. The van der Waals surface area contributed by atoms with Crippen molar-refractivity contribution in [1.29, 1.82) is 0 Å². The van der Waals surface area contributed by atoms with Gasteiger partial charge in [0.05, 0.1) is 13.2 Å². The van der Waals surface area contributed by atoms with Crippen LogP contribution in [0, 0.1) is 5.82 Å². The Balaban J connectivity index is 0.00000196. The molecule has 0 saturated heterocycles. The van der Waals surface area contributed by atoms with Gasteiger partial charge in [-0.1, -0.05) is 6.08 Å². The van der Waals surface area contributed by atoms with Crippen LogP contribution in [0.3, 0.4) is 0 Å². The second-order valence-electron chi connectivity index (χ2n) is 2.81. The van der Waals surface area contributed by atoms with Gasteiger partial charge in [0.25, 0.3) is 0 Å². The fourth-order valence-corrected chi connectivity index (χ4v) is 1.13. The summed E-state index contributed by atoms with van der Waals surface area (Å²) in [5.41, 5.74) is 5.85. The predicted octanol–water partition coefficient (Wildman–Crippen LogP) is 2.15. The smallest absolute Gasteiger partial charge is 0.163 e. The molecule has 0 aliphatic rings. The highest BCUT2D eigenvalue weighted by Crippen LogP contribution is 2.34. The molecule has 0 aromatic heterocycles. The average Bonchev–Trinajstić information content (AvgIpc) is 2.19. The number of phenols is 1. The van der Waals surface area contributed by atoms with E-state index >= 15 is 0 Å². The maximum absolute atomic E-state index is 13.0. The van der Waals surface area contributed by atoms with Gasteiger partial charge in [0.1, 0.15) is 5.82 Å². The van der Waals surface area contributed by atoms with Gasteiger partial charge in [0, 0.05) is 11.6 Å². The van der Waals surface area contributed by atoms with Crippen molar-refractivity contribution < 1.29 is 14.2 Å². The highest BCUT2D eigenvalue weighted by molar-refractivity contribution is 5.85. The first kappa shape index (κ1) is 13.7. The van der Waals surface area contributed by atoms with Crippen LogP contribution in [0.5, 0.6) is 11.5 Å².